The van der Waals surface area contributed by atoms with Crippen LogP contribution in [0.1, 0.15) is 24.9 Å². The Morgan fingerprint density at radius 2 is 2.14 bits per heavy atom. The zero-order valence-electron chi connectivity index (χ0n) is 15.6. The molecule has 4 aromatic rings. The first-order valence-electron chi connectivity index (χ1n) is 8.99. The van der Waals surface area contributed by atoms with Gasteiger partial charge < -0.3 is 14.5 Å². The molecule has 4 rings (SSSR count). The fraction of sp³-hybridized carbons (Fsp3) is 0.250. The van der Waals surface area contributed by atoms with E-state index in [4.69, 9.17) is 9.15 Å². The van der Waals surface area contributed by atoms with Gasteiger partial charge in [0.2, 0.25) is 5.91 Å². The van der Waals surface area contributed by atoms with E-state index in [9.17, 15) is 9.59 Å². The second kappa shape index (κ2) is 7.22. The van der Waals surface area contributed by atoms with Crippen LogP contribution in [0.5, 0.6) is 5.75 Å². The summed E-state index contributed by atoms with van der Waals surface area (Å²) in [5, 5.41) is 7.10. The van der Waals surface area contributed by atoms with Crippen molar-refractivity contribution in [2.45, 2.75) is 25.9 Å². The van der Waals surface area contributed by atoms with Crippen molar-refractivity contribution in [3.05, 3.63) is 64.9 Å². The quantitative estimate of drug-likeness (QED) is 0.555. The number of amides is 1. The van der Waals surface area contributed by atoms with Gasteiger partial charge in [0.1, 0.15) is 23.6 Å². The molecule has 3 aromatic heterocycles. The largest absolute Gasteiger partial charge is 0.497 e. The molecule has 3 heterocycles. The summed E-state index contributed by atoms with van der Waals surface area (Å²) in [5.74, 6) is 0.458. The maximum Gasteiger partial charge on any atom is 0.291 e. The second-order valence-electron chi connectivity index (χ2n) is 6.44. The van der Waals surface area contributed by atoms with E-state index in [-0.39, 0.29) is 11.5 Å². The third-order valence-electron chi connectivity index (χ3n) is 4.76. The molecule has 1 N–H and O–H groups in total. The molecule has 0 aliphatic carbocycles. The molecular weight excluding hydrogens is 360 g/mol. The summed E-state index contributed by atoms with van der Waals surface area (Å²) < 4.78 is 13.4. The topological polar surface area (TPSA) is 90.8 Å². The number of hydrogen-bond donors (Lipinski definition) is 1. The van der Waals surface area contributed by atoms with Crippen LogP contribution in [0.2, 0.25) is 0 Å². The number of nitrogens with zero attached hydrogens (tertiary/aromatic N) is 3. The van der Waals surface area contributed by atoms with Crippen LogP contribution in [-0.2, 0) is 11.3 Å². The van der Waals surface area contributed by atoms with E-state index in [1.165, 1.54) is 11.0 Å². The first-order chi connectivity index (χ1) is 13.6. The van der Waals surface area contributed by atoms with E-state index >= 15 is 0 Å². The summed E-state index contributed by atoms with van der Waals surface area (Å²) in [6, 6.07) is 10.2. The highest BCUT2D eigenvalue weighted by Gasteiger charge is 2.22. The van der Waals surface area contributed by atoms with Gasteiger partial charge in [-0.15, -0.1) is 0 Å². The highest BCUT2D eigenvalue weighted by atomic mass is 16.5. The number of nitrogens with one attached hydrogen (secondary N) is 1. The lowest BCUT2D eigenvalue weighted by Gasteiger charge is -2.17. The summed E-state index contributed by atoms with van der Waals surface area (Å²) in [4.78, 5) is 25.6. The second-order valence-corrected chi connectivity index (χ2v) is 6.44. The van der Waals surface area contributed by atoms with Crippen molar-refractivity contribution in [3.8, 4) is 5.75 Å². The number of aromatic nitrogens is 3. The minimum absolute atomic E-state index is 0.264. The van der Waals surface area contributed by atoms with Gasteiger partial charge in [-0.25, -0.2) is 4.68 Å². The van der Waals surface area contributed by atoms with Gasteiger partial charge in [0, 0.05) is 18.7 Å². The highest BCUT2D eigenvalue weighted by molar-refractivity contribution is 5.82. The van der Waals surface area contributed by atoms with E-state index in [2.05, 4.69) is 10.4 Å². The van der Waals surface area contributed by atoms with Crippen LogP contribution in [0, 0.1) is 0 Å². The smallest absolute Gasteiger partial charge is 0.291 e. The number of fused-ring (bicyclic) bond motifs is 3. The maximum absolute atomic E-state index is 12.9. The van der Waals surface area contributed by atoms with Gasteiger partial charge in [0.15, 0.2) is 5.58 Å². The molecule has 0 unspecified atom stereocenters. The molecule has 28 heavy (non-hydrogen) atoms. The van der Waals surface area contributed by atoms with Crippen molar-refractivity contribution in [2.24, 2.45) is 0 Å². The van der Waals surface area contributed by atoms with Crippen molar-refractivity contribution in [2.75, 3.05) is 7.11 Å². The molecule has 1 aromatic carbocycles. The lowest BCUT2D eigenvalue weighted by molar-refractivity contribution is -0.125. The van der Waals surface area contributed by atoms with Gasteiger partial charge >= 0.3 is 0 Å². The van der Waals surface area contributed by atoms with Crippen LogP contribution in [0.15, 0.2) is 58.2 Å². The molecule has 8 heteroatoms. The van der Waals surface area contributed by atoms with E-state index in [0.717, 1.165) is 16.8 Å². The van der Waals surface area contributed by atoms with Crippen LogP contribution >= 0.6 is 0 Å². The molecule has 0 spiro atoms. The van der Waals surface area contributed by atoms with Crippen LogP contribution in [0.4, 0.5) is 0 Å². The lowest BCUT2D eigenvalue weighted by Crippen LogP contribution is -2.38. The fourth-order valence-electron chi connectivity index (χ4n) is 3.29. The number of benzene rings is 1. The Morgan fingerprint density at radius 1 is 1.29 bits per heavy atom. The monoisotopic (exact) mass is 380 g/mol. The fourth-order valence-corrected chi connectivity index (χ4v) is 3.29. The number of hydrogen-bond acceptors (Lipinski definition) is 5. The molecule has 0 aliphatic heterocycles. The van der Waals surface area contributed by atoms with Gasteiger partial charge in [-0.1, -0.05) is 19.1 Å². The summed E-state index contributed by atoms with van der Waals surface area (Å²) in [7, 11) is 1.59. The first kappa shape index (κ1) is 17.8. The summed E-state index contributed by atoms with van der Waals surface area (Å²) in [6.07, 6.45) is 3.53. The SMILES string of the molecule is CC[C@@H](C(=O)NCc1cccc(OC)c1)n1ncn2c(cc3occc32)c1=O. The Labute approximate surface area is 160 Å². The summed E-state index contributed by atoms with van der Waals surface area (Å²) in [5.41, 5.74) is 2.36. The molecule has 0 saturated heterocycles. The van der Waals surface area contributed by atoms with Gasteiger partial charge in [-0.3, -0.25) is 14.0 Å². The van der Waals surface area contributed by atoms with E-state index in [1.54, 1.807) is 29.9 Å². The zero-order valence-corrected chi connectivity index (χ0v) is 15.6. The average molecular weight is 380 g/mol. The molecular formula is C20H20N4O4. The average Bonchev–Trinajstić information content (AvgIpc) is 3.31. The van der Waals surface area contributed by atoms with Gasteiger partial charge in [0.05, 0.1) is 18.9 Å². The molecule has 0 saturated carbocycles. The van der Waals surface area contributed by atoms with E-state index in [1.807, 2.05) is 31.2 Å². The molecule has 8 nitrogen and oxygen atoms in total. The molecule has 1 atom stereocenters. The Kier molecular flexibility index (Phi) is 4.60. The molecule has 1 amide bonds. The molecule has 0 radical (unpaired) electrons. The van der Waals surface area contributed by atoms with E-state index < -0.39 is 6.04 Å². The Hall–Kier alpha value is -3.55. The number of ether oxygens (including phenoxy) is 1. The lowest BCUT2D eigenvalue weighted by atomic mass is 10.2. The summed E-state index contributed by atoms with van der Waals surface area (Å²) >= 11 is 0. The minimum atomic E-state index is -0.704. The van der Waals surface area contributed by atoms with Crippen LogP contribution in [-0.4, -0.2) is 27.2 Å². The molecule has 0 fully saturated rings. The number of methoxy groups -OCH3 is 1. The standard InChI is InChI=1S/C20H20N4O4/c1-3-15(19(25)21-11-13-5-4-6-14(9-13)27-2)24-20(26)17-10-18-16(7-8-28-18)23(17)12-22-24/h4-10,12,15H,3,11H2,1-2H3,(H,21,25)/t15-/m0/s1. The van der Waals surface area contributed by atoms with Crippen molar-refractivity contribution in [1.29, 1.82) is 0 Å². The van der Waals surface area contributed by atoms with Gasteiger partial charge in [-0.2, -0.15) is 5.10 Å². The van der Waals surface area contributed by atoms with E-state index in [0.29, 0.717) is 24.1 Å². The third kappa shape index (κ3) is 3.02. The van der Waals surface area contributed by atoms with Crippen molar-refractivity contribution in [1.82, 2.24) is 19.5 Å². The number of carbonyl (C=O) groups excluding carboxylic acids is 1. The molecule has 0 aliphatic rings. The number of furan rings is 1. The van der Waals surface area contributed by atoms with Crippen molar-refractivity contribution < 1.29 is 13.9 Å². The predicted octanol–water partition coefficient (Wildman–Crippen LogP) is 2.52. The number of rotatable bonds is 6. The molecule has 0 bridgehead atoms. The zero-order chi connectivity index (χ0) is 19.7. The number of carbonyl (C=O) groups is 1. The van der Waals surface area contributed by atoms with Crippen LogP contribution in [0.3, 0.4) is 0 Å². The van der Waals surface area contributed by atoms with Gasteiger partial charge in [-0.05, 0) is 24.1 Å². The van der Waals surface area contributed by atoms with Gasteiger partial charge in [0.25, 0.3) is 5.56 Å². The van der Waals surface area contributed by atoms with Crippen molar-refractivity contribution >= 4 is 22.5 Å². The minimum Gasteiger partial charge on any atom is -0.497 e. The Morgan fingerprint density at radius 3 is 2.93 bits per heavy atom. The van der Waals surface area contributed by atoms with Crippen LogP contribution in [0.25, 0.3) is 16.6 Å². The highest BCUT2D eigenvalue weighted by Crippen LogP contribution is 2.19. The van der Waals surface area contributed by atoms with Crippen LogP contribution < -0.4 is 15.6 Å². The summed E-state index contributed by atoms with van der Waals surface area (Å²) in [6.45, 7) is 2.18. The normalized spacial score (nSPS) is 12.4. The molecule has 144 valence electrons. The predicted molar refractivity (Wildman–Crippen MR) is 103 cm³/mol. The van der Waals surface area contributed by atoms with Crippen molar-refractivity contribution in [3.63, 3.8) is 0 Å². The Balaban J connectivity index is 1.59. The maximum atomic E-state index is 12.9. The Bertz CT molecular complexity index is 1200. The first-order valence-corrected chi connectivity index (χ1v) is 8.99. The third-order valence-corrected chi connectivity index (χ3v) is 4.76.